The summed E-state index contributed by atoms with van der Waals surface area (Å²) in [5.74, 6) is 0. The molecular formula is C10H15N3O4S. The first-order valence-corrected chi connectivity index (χ1v) is 6.82. The van der Waals surface area contributed by atoms with Crippen LogP contribution in [0.3, 0.4) is 0 Å². The van der Waals surface area contributed by atoms with Crippen molar-refractivity contribution in [1.82, 2.24) is 4.72 Å². The number of nitrogens with zero attached hydrogens (tertiary/aromatic N) is 1. The number of aryl methyl sites for hydroxylation is 1. The molecule has 0 amide bonds. The summed E-state index contributed by atoms with van der Waals surface area (Å²) in [5.41, 5.74) is 5.40. The van der Waals surface area contributed by atoms with Crippen molar-refractivity contribution in [2.24, 2.45) is 0 Å². The van der Waals surface area contributed by atoms with Crippen LogP contribution in [0.4, 0.5) is 11.4 Å². The Labute approximate surface area is 105 Å². The number of nitrogens with one attached hydrogen (secondary N) is 1. The summed E-state index contributed by atoms with van der Waals surface area (Å²) in [7, 11) is -3.74. The molecule has 0 saturated carbocycles. The van der Waals surface area contributed by atoms with Gasteiger partial charge in [-0.15, -0.1) is 0 Å². The largest absolute Gasteiger partial charge is 0.393 e. The van der Waals surface area contributed by atoms with Gasteiger partial charge in [0.15, 0.2) is 0 Å². The van der Waals surface area contributed by atoms with Gasteiger partial charge in [0.1, 0.15) is 5.69 Å². The second kappa shape index (κ2) is 5.32. The monoisotopic (exact) mass is 273 g/mol. The second-order valence-electron chi connectivity index (χ2n) is 3.83. The van der Waals surface area contributed by atoms with Crippen LogP contribution in [0.1, 0.15) is 18.9 Å². The van der Waals surface area contributed by atoms with Crippen molar-refractivity contribution in [2.75, 3.05) is 12.3 Å². The molecule has 0 atom stereocenters. The van der Waals surface area contributed by atoms with Crippen molar-refractivity contribution in [3.63, 3.8) is 0 Å². The van der Waals surface area contributed by atoms with Gasteiger partial charge in [0.25, 0.3) is 5.69 Å². The highest BCUT2D eigenvalue weighted by Crippen LogP contribution is 2.28. The number of hydrogen-bond donors (Lipinski definition) is 2. The van der Waals surface area contributed by atoms with Gasteiger partial charge in [-0.05, 0) is 25.0 Å². The van der Waals surface area contributed by atoms with Crippen molar-refractivity contribution in [2.45, 2.75) is 25.2 Å². The van der Waals surface area contributed by atoms with Gasteiger partial charge in [-0.3, -0.25) is 10.1 Å². The molecule has 0 bridgehead atoms. The maximum atomic E-state index is 11.9. The van der Waals surface area contributed by atoms with Crippen molar-refractivity contribution in [3.8, 4) is 0 Å². The van der Waals surface area contributed by atoms with E-state index in [0.717, 1.165) is 6.07 Å². The maximum Gasteiger partial charge on any atom is 0.293 e. The first-order valence-electron chi connectivity index (χ1n) is 5.33. The first kappa shape index (κ1) is 14.4. The Morgan fingerprint density at radius 3 is 2.56 bits per heavy atom. The molecule has 0 fully saturated rings. The normalized spacial score (nSPS) is 11.4. The molecule has 0 radical (unpaired) electrons. The molecule has 0 saturated heterocycles. The number of benzene rings is 1. The van der Waals surface area contributed by atoms with Crippen LogP contribution in [0.25, 0.3) is 0 Å². The summed E-state index contributed by atoms with van der Waals surface area (Å²) in [5, 5.41) is 10.7. The van der Waals surface area contributed by atoms with E-state index in [1.807, 2.05) is 6.92 Å². The third kappa shape index (κ3) is 2.96. The number of nitrogens with two attached hydrogens (primary N) is 1. The van der Waals surface area contributed by atoms with Crippen molar-refractivity contribution in [3.05, 3.63) is 27.8 Å². The Kier molecular flexibility index (Phi) is 4.25. The number of hydrogen-bond acceptors (Lipinski definition) is 5. The van der Waals surface area contributed by atoms with Gasteiger partial charge in [0, 0.05) is 12.6 Å². The predicted octanol–water partition coefficient (Wildman–Crippen LogP) is 1.17. The third-order valence-corrected chi connectivity index (χ3v) is 3.96. The molecule has 0 aliphatic heterocycles. The molecule has 1 rings (SSSR count). The first-order chi connectivity index (χ1) is 8.29. The van der Waals surface area contributed by atoms with Crippen molar-refractivity contribution < 1.29 is 13.3 Å². The van der Waals surface area contributed by atoms with Gasteiger partial charge in [-0.25, -0.2) is 13.1 Å². The zero-order valence-corrected chi connectivity index (χ0v) is 11.0. The Hall–Kier alpha value is -1.67. The van der Waals surface area contributed by atoms with Gasteiger partial charge in [0.05, 0.1) is 9.82 Å². The summed E-state index contributed by atoms with van der Waals surface area (Å²) in [6.07, 6.45) is 0.634. The van der Waals surface area contributed by atoms with E-state index in [1.54, 1.807) is 6.92 Å². The average molecular weight is 273 g/mol. The molecule has 1 aromatic rings. The summed E-state index contributed by atoms with van der Waals surface area (Å²) in [6, 6.07) is 2.28. The Morgan fingerprint density at radius 1 is 1.44 bits per heavy atom. The molecule has 7 nitrogen and oxygen atoms in total. The summed E-state index contributed by atoms with van der Waals surface area (Å²) in [4.78, 5) is 9.92. The third-order valence-electron chi connectivity index (χ3n) is 2.35. The van der Waals surface area contributed by atoms with E-state index in [0.29, 0.717) is 12.0 Å². The molecule has 18 heavy (non-hydrogen) atoms. The smallest absolute Gasteiger partial charge is 0.293 e. The van der Waals surface area contributed by atoms with E-state index < -0.39 is 20.6 Å². The van der Waals surface area contributed by atoms with E-state index in [2.05, 4.69) is 4.72 Å². The molecule has 1 aromatic carbocycles. The molecule has 0 unspecified atom stereocenters. The van der Waals surface area contributed by atoms with Crippen LogP contribution in [-0.4, -0.2) is 19.9 Å². The molecule has 8 heteroatoms. The number of anilines is 1. The molecule has 0 aromatic heterocycles. The van der Waals surface area contributed by atoms with Crippen LogP contribution in [0.15, 0.2) is 17.0 Å². The lowest BCUT2D eigenvalue weighted by Crippen LogP contribution is -2.25. The predicted molar refractivity (Wildman–Crippen MR) is 67.7 cm³/mol. The minimum atomic E-state index is -3.74. The van der Waals surface area contributed by atoms with Gasteiger partial charge >= 0.3 is 0 Å². The quantitative estimate of drug-likeness (QED) is 0.474. The lowest BCUT2D eigenvalue weighted by atomic mass is 10.2. The Balaban J connectivity index is 3.33. The van der Waals surface area contributed by atoms with Gasteiger partial charge < -0.3 is 5.73 Å². The number of sulfonamides is 1. The fourth-order valence-electron chi connectivity index (χ4n) is 1.46. The molecule has 100 valence electrons. The summed E-state index contributed by atoms with van der Waals surface area (Å²) in [6.45, 7) is 3.64. The van der Waals surface area contributed by atoms with Crippen LogP contribution >= 0.6 is 0 Å². The summed E-state index contributed by atoms with van der Waals surface area (Å²) < 4.78 is 26.2. The van der Waals surface area contributed by atoms with Gasteiger partial charge in [-0.2, -0.15) is 0 Å². The molecular weight excluding hydrogens is 258 g/mol. The van der Waals surface area contributed by atoms with E-state index in [1.165, 1.54) is 6.07 Å². The van der Waals surface area contributed by atoms with Gasteiger partial charge in [-0.1, -0.05) is 6.92 Å². The molecule has 0 aliphatic carbocycles. The van der Waals surface area contributed by atoms with E-state index in [9.17, 15) is 18.5 Å². The number of nitro groups is 1. The van der Waals surface area contributed by atoms with Crippen molar-refractivity contribution >= 4 is 21.4 Å². The standard InChI is InChI=1S/C10H15N3O4S/c1-3-4-12-18(16,17)10-6-9(13(14)15)8(11)5-7(10)2/h5-6,12H,3-4,11H2,1-2H3. The van der Waals surface area contributed by atoms with E-state index in [4.69, 9.17) is 5.73 Å². The maximum absolute atomic E-state index is 11.9. The Morgan fingerprint density at radius 2 is 2.06 bits per heavy atom. The number of rotatable bonds is 5. The highest BCUT2D eigenvalue weighted by Gasteiger charge is 2.22. The Bertz CT molecular complexity index is 569. The average Bonchev–Trinajstić information content (AvgIpc) is 2.25. The molecule has 0 spiro atoms. The SMILES string of the molecule is CCCNS(=O)(=O)c1cc([N+](=O)[O-])c(N)cc1C. The van der Waals surface area contributed by atoms with Crippen LogP contribution in [0.5, 0.6) is 0 Å². The second-order valence-corrected chi connectivity index (χ2v) is 5.57. The molecule has 0 aliphatic rings. The fourth-order valence-corrected chi connectivity index (χ4v) is 2.84. The fraction of sp³-hybridized carbons (Fsp3) is 0.400. The van der Waals surface area contributed by atoms with Crippen molar-refractivity contribution in [1.29, 1.82) is 0 Å². The number of nitrogen functional groups attached to an aromatic ring is 1. The molecule has 0 heterocycles. The highest BCUT2D eigenvalue weighted by molar-refractivity contribution is 7.89. The van der Waals surface area contributed by atoms with Crippen LogP contribution in [-0.2, 0) is 10.0 Å². The minimum Gasteiger partial charge on any atom is -0.393 e. The lowest BCUT2D eigenvalue weighted by molar-refractivity contribution is -0.384. The van der Waals surface area contributed by atoms with Crippen LogP contribution in [0.2, 0.25) is 0 Å². The minimum absolute atomic E-state index is 0.0491. The van der Waals surface area contributed by atoms with Crippen LogP contribution < -0.4 is 10.5 Å². The van der Waals surface area contributed by atoms with Gasteiger partial charge in [0.2, 0.25) is 10.0 Å². The zero-order valence-electron chi connectivity index (χ0n) is 10.1. The topological polar surface area (TPSA) is 115 Å². The van der Waals surface area contributed by atoms with Crippen LogP contribution in [0, 0.1) is 17.0 Å². The summed E-state index contributed by atoms with van der Waals surface area (Å²) >= 11 is 0. The lowest BCUT2D eigenvalue weighted by Gasteiger charge is -2.09. The highest BCUT2D eigenvalue weighted by atomic mass is 32.2. The van der Waals surface area contributed by atoms with E-state index >= 15 is 0 Å². The number of nitro benzene ring substituents is 1. The zero-order chi connectivity index (χ0) is 13.9. The molecule has 3 N–H and O–H groups in total. The van der Waals surface area contributed by atoms with E-state index in [-0.39, 0.29) is 17.1 Å².